The summed E-state index contributed by atoms with van der Waals surface area (Å²) in [5.41, 5.74) is 0.823. The lowest BCUT2D eigenvalue weighted by Gasteiger charge is -2.32. The van der Waals surface area contributed by atoms with Crippen LogP contribution in [0.3, 0.4) is 0 Å². The highest BCUT2D eigenvalue weighted by atomic mass is 16.2. The Labute approximate surface area is 157 Å². The number of imidazole rings is 1. The van der Waals surface area contributed by atoms with Crippen molar-refractivity contribution in [2.75, 3.05) is 13.1 Å². The fourth-order valence-corrected chi connectivity index (χ4v) is 3.72. The van der Waals surface area contributed by atoms with Gasteiger partial charge in [0.25, 0.3) is 11.5 Å². The number of aromatic amines is 1. The lowest BCUT2D eigenvalue weighted by Crippen LogP contribution is -2.41. The van der Waals surface area contributed by atoms with Gasteiger partial charge in [-0.1, -0.05) is 18.2 Å². The molecule has 2 aromatic heterocycles. The third kappa shape index (κ3) is 3.58. The molecule has 0 spiro atoms. The number of nitrogens with one attached hydrogen (secondary N) is 1. The van der Waals surface area contributed by atoms with Gasteiger partial charge < -0.3 is 9.47 Å². The average molecular weight is 365 g/mol. The number of nitrogens with zero attached hydrogens (tertiary/aromatic N) is 4. The Bertz CT molecular complexity index is 985. The number of piperidine rings is 1. The van der Waals surface area contributed by atoms with Crippen LogP contribution in [0.15, 0.2) is 53.6 Å². The minimum atomic E-state index is -0.229. The highest BCUT2D eigenvalue weighted by molar-refractivity contribution is 5.92. The molecule has 7 nitrogen and oxygen atoms in total. The third-order valence-corrected chi connectivity index (χ3v) is 5.15. The highest BCUT2D eigenvalue weighted by Gasteiger charge is 2.26. The van der Waals surface area contributed by atoms with E-state index in [2.05, 4.69) is 14.6 Å². The number of rotatable bonds is 4. The molecule has 1 aromatic carbocycles. The standard InChI is InChI=1S/C20H23N5O2/c1-15-21-9-11-23(15)13-16-6-5-10-24(14-16)20(27)18-12-19(26)25(22-18)17-7-3-2-4-8-17/h2-4,7-9,11-12,16,22H,5-6,10,13-14H2,1H3. The van der Waals surface area contributed by atoms with Gasteiger partial charge in [-0.3, -0.25) is 14.7 Å². The van der Waals surface area contributed by atoms with E-state index in [-0.39, 0.29) is 11.5 Å². The molecule has 3 heterocycles. The Balaban J connectivity index is 1.49. The molecule has 1 atom stereocenters. The topological polar surface area (TPSA) is 75.9 Å². The van der Waals surface area contributed by atoms with Crippen molar-refractivity contribution >= 4 is 5.91 Å². The van der Waals surface area contributed by atoms with Crippen LogP contribution >= 0.6 is 0 Å². The number of aromatic nitrogens is 4. The van der Waals surface area contributed by atoms with Crippen LogP contribution in [0.1, 0.15) is 29.2 Å². The van der Waals surface area contributed by atoms with E-state index in [0.29, 0.717) is 23.8 Å². The molecule has 7 heteroatoms. The summed E-state index contributed by atoms with van der Waals surface area (Å²) in [5, 5.41) is 2.96. The first kappa shape index (κ1) is 17.3. The molecule has 0 radical (unpaired) electrons. The van der Waals surface area contributed by atoms with Crippen molar-refractivity contribution in [3.05, 3.63) is 70.7 Å². The predicted molar refractivity (Wildman–Crippen MR) is 102 cm³/mol. The number of hydrogen-bond donors (Lipinski definition) is 1. The number of aryl methyl sites for hydroxylation is 1. The third-order valence-electron chi connectivity index (χ3n) is 5.15. The van der Waals surface area contributed by atoms with Crippen LogP contribution < -0.4 is 5.56 Å². The second-order valence-electron chi connectivity index (χ2n) is 7.07. The van der Waals surface area contributed by atoms with Crippen LogP contribution in [-0.4, -0.2) is 43.2 Å². The second-order valence-corrected chi connectivity index (χ2v) is 7.07. The molecule has 0 aliphatic carbocycles. The number of carbonyl (C=O) groups excluding carboxylic acids is 1. The highest BCUT2D eigenvalue weighted by Crippen LogP contribution is 2.20. The predicted octanol–water partition coefficient (Wildman–Crippen LogP) is 2.22. The lowest BCUT2D eigenvalue weighted by molar-refractivity contribution is 0.0655. The minimum Gasteiger partial charge on any atom is -0.337 e. The first-order valence-electron chi connectivity index (χ1n) is 9.26. The summed E-state index contributed by atoms with van der Waals surface area (Å²) in [6.07, 6.45) is 5.84. The largest absolute Gasteiger partial charge is 0.337 e. The Morgan fingerprint density at radius 1 is 1.30 bits per heavy atom. The molecule has 140 valence electrons. The van der Waals surface area contributed by atoms with Gasteiger partial charge in [0, 0.05) is 38.1 Å². The molecular formula is C20H23N5O2. The van der Waals surface area contributed by atoms with Gasteiger partial charge in [0.15, 0.2) is 0 Å². The van der Waals surface area contributed by atoms with E-state index in [4.69, 9.17) is 0 Å². The number of hydrogen-bond acceptors (Lipinski definition) is 3. The van der Waals surface area contributed by atoms with Crippen LogP contribution in [0.2, 0.25) is 0 Å². The number of para-hydroxylation sites is 1. The summed E-state index contributed by atoms with van der Waals surface area (Å²) in [7, 11) is 0. The van der Waals surface area contributed by atoms with Gasteiger partial charge in [-0.25, -0.2) is 9.67 Å². The fourth-order valence-electron chi connectivity index (χ4n) is 3.72. The van der Waals surface area contributed by atoms with E-state index in [0.717, 1.165) is 31.8 Å². The number of likely N-dealkylation sites (tertiary alicyclic amines) is 1. The lowest BCUT2D eigenvalue weighted by atomic mass is 9.97. The molecule has 4 rings (SSSR count). The molecular weight excluding hydrogens is 342 g/mol. The Hall–Kier alpha value is -3.09. The number of benzene rings is 1. The van der Waals surface area contributed by atoms with Crippen LogP contribution in [-0.2, 0) is 6.54 Å². The number of H-pyrrole nitrogens is 1. The maximum Gasteiger partial charge on any atom is 0.271 e. The summed E-state index contributed by atoms with van der Waals surface area (Å²) >= 11 is 0. The Kier molecular flexibility index (Phi) is 4.66. The van der Waals surface area contributed by atoms with Gasteiger partial charge in [-0.05, 0) is 37.8 Å². The van der Waals surface area contributed by atoms with Crippen molar-refractivity contribution in [2.45, 2.75) is 26.3 Å². The number of carbonyl (C=O) groups is 1. The van der Waals surface area contributed by atoms with Gasteiger partial charge in [-0.2, -0.15) is 0 Å². The molecule has 0 bridgehead atoms. The molecule has 1 saturated heterocycles. The average Bonchev–Trinajstić information content (AvgIpc) is 3.28. The normalized spacial score (nSPS) is 17.2. The molecule has 1 N–H and O–H groups in total. The summed E-state index contributed by atoms with van der Waals surface area (Å²) in [6.45, 7) is 4.26. The molecule has 1 aliphatic rings. The summed E-state index contributed by atoms with van der Waals surface area (Å²) in [5.74, 6) is 1.26. The van der Waals surface area contributed by atoms with Crippen molar-refractivity contribution in [1.82, 2.24) is 24.2 Å². The zero-order valence-electron chi connectivity index (χ0n) is 15.3. The van der Waals surface area contributed by atoms with Crippen molar-refractivity contribution < 1.29 is 4.79 Å². The van der Waals surface area contributed by atoms with E-state index >= 15 is 0 Å². The zero-order chi connectivity index (χ0) is 18.8. The van der Waals surface area contributed by atoms with Gasteiger partial charge in [0.05, 0.1) is 5.69 Å². The molecule has 1 fully saturated rings. The molecule has 27 heavy (non-hydrogen) atoms. The summed E-state index contributed by atoms with van der Waals surface area (Å²) < 4.78 is 3.54. The van der Waals surface area contributed by atoms with Crippen molar-refractivity contribution in [3.8, 4) is 5.69 Å². The minimum absolute atomic E-state index is 0.117. The first-order chi connectivity index (χ1) is 13.1. The van der Waals surface area contributed by atoms with Gasteiger partial charge in [0.1, 0.15) is 11.5 Å². The monoisotopic (exact) mass is 365 g/mol. The number of amides is 1. The van der Waals surface area contributed by atoms with Crippen LogP contribution in [0.4, 0.5) is 0 Å². The smallest absolute Gasteiger partial charge is 0.271 e. The molecule has 1 aliphatic heterocycles. The van der Waals surface area contributed by atoms with E-state index in [1.807, 2.05) is 48.4 Å². The SMILES string of the molecule is Cc1nccn1CC1CCCN(C(=O)c2cc(=O)n(-c3ccccc3)[nH]2)C1. The second kappa shape index (κ2) is 7.26. The van der Waals surface area contributed by atoms with Crippen LogP contribution in [0.25, 0.3) is 5.69 Å². The van der Waals surface area contributed by atoms with E-state index in [1.54, 1.807) is 6.20 Å². The maximum atomic E-state index is 12.9. The van der Waals surface area contributed by atoms with Gasteiger partial charge >= 0.3 is 0 Å². The Morgan fingerprint density at radius 3 is 2.85 bits per heavy atom. The Morgan fingerprint density at radius 2 is 2.11 bits per heavy atom. The summed E-state index contributed by atoms with van der Waals surface area (Å²) in [6, 6.07) is 10.7. The van der Waals surface area contributed by atoms with E-state index in [9.17, 15) is 9.59 Å². The van der Waals surface area contributed by atoms with Gasteiger partial charge in [-0.15, -0.1) is 0 Å². The van der Waals surface area contributed by atoms with E-state index in [1.165, 1.54) is 10.7 Å². The molecule has 1 amide bonds. The molecule has 3 aromatic rings. The van der Waals surface area contributed by atoms with E-state index < -0.39 is 0 Å². The molecule has 0 saturated carbocycles. The first-order valence-corrected chi connectivity index (χ1v) is 9.26. The van der Waals surface area contributed by atoms with Crippen LogP contribution in [0.5, 0.6) is 0 Å². The fraction of sp³-hybridized carbons (Fsp3) is 0.350. The quantitative estimate of drug-likeness (QED) is 0.770. The van der Waals surface area contributed by atoms with Crippen LogP contribution in [0, 0.1) is 12.8 Å². The molecule has 1 unspecified atom stereocenters. The maximum absolute atomic E-state index is 12.9. The van der Waals surface area contributed by atoms with Crippen molar-refractivity contribution in [2.24, 2.45) is 5.92 Å². The van der Waals surface area contributed by atoms with Gasteiger partial charge in [0.2, 0.25) is 0 Å². The van der Waals surface area contributed by atoms with Crippen molar-refractivity contribution in [3.63, 3.8) is 0 Å². The van der Waals surface area contributed by atoms with Crippen molar-refractivity contribution in [1.29, 1.82) is 0 Å². The summed E-state index contributed by atoms with van der Waals surface area (Å²) in [4.78, 5) is 31.3. The zero-order valence-corrected chi connectivity index (χ0v) is 15.3.